The lowest BCUT2D eigenvalue weighted by atomic mass is 10.5. The predicted molar refractivity (Wildman–Crippen MR) is 43.5 cm³/mol. The highest BCUT2D eigenvalue weighted by Crippen LogP contribution is 2.10. The van der Waals surface area contributed by atoms with Crippen LogP contribution in [0.15, 0.2) is 12.0 Å². The summed E-state index contributed by atoms with van der Waals surface area (Å²) in [7, 11) is 1.33. The van der Waals surface area contributed by atoms with Crippen LogP contribution in [0.4, 0.5) is 0 Å². The first-order chi connectivity index (χ1) is 5.27. The van der Waals surface area contributed by atoms with E-state index in [0.29, 0.717) is 5.69 Å². The molecule has 0 radical (unpaired) electrons. The summed E-state index contributed by atoms with van der Waals surface area (Å²) in [6.45, 7) is 3.53. The molecule has 0 aliphatic carbocycles. The summed E-state index contributed by atoms with van der Waals surface area (Å²) >= 11 is 1.36. The highest BCUT2D eigenvalue weighted by atomic mass is 32.1. The lowest BCUT2D eigenvalue weighted by molar-refractivity contribution is 0.0595. The largest absolute Gasteiger partial charge is 0.464 e. The van der Waals surface area contributed by atoms with E-state index in [-0.39, 0.29) is 0 Å². The maximum absolute atomic E-state index is 10.8. The fourth-order valence-electron chi connectivity index (χ4n) is 0.580. The molecule has 0 spiro atoms. The Balaban J connectivity index is 2.88. The van der Waals surface area contributed by atoms with Crippen molar-refractivity contribution < 1.29 is 9.53 Å². The van der Waals surface area contributed by atoms with Gasteiger partial charge in [-0.15, -0.1) is 11.3 Å². The van der Waals surface area contributed by atoms with Gasteiger partial charge >= 0.3 is 5.97 Å². The molecule has 0 fully saturated rings. The van der Waals surface area contributed by atoms with Gasteiger partial charge in [-0.2, -0.15) is 0 Å². The van der Waals surface area contributed by atoms with Crippen molar-refractivity contribution in [2.45, 2.75) is 0 Å². The third-order valence-corrected chi connectivity index (χ3v) is 1.93. The van der Waals surface area contributed by atoms with E-state index in [0.717, 1.165) is 5.01 Å². The topological polar surface area (TPSA) is 39.2 Å². The predicted octanol–water partition coefficient (Wildman–Crippen LogP) is 1.57. The van der Waals surface area contributed by atoms with Gasteiger partial charge in [0.05, 0.1) is 7.11 Å². The number of nitrogens with zero attached hydrogens (tertiary/aromatic N) is 1. The van der Waals surface area contributed by atoms with Crippen molar-refractivity contribution in [1.29, 1.82) is 0 Å². The van der Waals surface area contributed by atoms with E-state index in [1.165, 1.54) is 18.4 Å². The van der Waals surface area contributed by atoms with Gasteiger partial charge in [-0.3, -0.25) is 0 Å². The van der Waals surface area contributed by atoms with E-state index in [1.807, 2.05) is 0 Å². The molecule has 58 valence electrons. The summed E-state index contributed by atoms with van der Waals surface area (Å²) in [6, 6.07) is 0. The molecule has 3 nitrogen and oxygen atoms in total. The third kappa shape index (κ3) is 1.65. The van der Waals surface area contributed by atoms with Gasteiger partial charge in [-0.25, -0.2) is 9.78 Å². The Morgan fingerprint density at radius 3 is 3.09 bits per heavy atom. The summed E-state index contributed by atoms with van der Waals surface area (Å²) in [5.41, 5.74) is 0.340. The maximum Gasteiger partial charge on any atom is 0.357 e. The second-order valence-electron chi connectivity index (χ2n) is 1.77. The molecule has 1 aromatic heterocycles. The summed E-state index contributed by atoms with van der Waals surface area (Å²) in [5, 5.41) is 2.37. The van der Waals surface area contributed by atoms with Crippen molar-refractivity contribution in [2.24, 2.45) is 0 Å². The van der Waals surface area contributed by atoms with E-state index < -0.39 is 5.97 Å². The fraction of sp³-hybridized carbons (Fsp3) is 0.143. The van der Waals surface area contributed by atoms with E-state index in [9.17, 15) is 4.79 Å². The second-order valence-corrected chi connectivity index (χ2v) is 2.66. The highest BCUT2D eigenvalue weighted by Gasteiger charge is 2.08. The first-order valence-corrected chi connectivity index (χ1v) is 3.82. The standard InChI is InChI=1S/C7H7NO2S/c1-3-6-8-5(4-11-6)7(9)10-2/h3-4H,1H2,2H3. The van der Waals surface area contributed by atoms with E-state index in [2.05, 4.69) is 16.3 Å². The molecule has 0 aliphatic heterocycles. The molecule has 0 aliphatic rings. The summed E-state index contributed by atoms with van der Waals surface area (Å²) < 4.78 is 4.47. The molecular formula is C7H7NO2S. The van der Waals surface area contributed by atoms with Crippen LogP contribution in [-0.4, -0.2) is 18.1 Å². The molecule has 0 saturated carbocycles. The Morgan fingerprint density at radius 2 is 2.64 bits per heavy atom. The van der Waals surface area contributed by atoms with Gasteiger partial charge in [0.2, 0.25) is 0 Å². The number of carbonyl (C=O) groups excluding carboxylic acids is 1. The average Bonchev–Trinajstić information content (AvgIpc) is 2.50. The van der Waals surface area contributed by atoms with Crippen molar-refractivity contribution in [2.75, 3.05) is 7.11 Å². The number of hydrogen-bond donors (Lipinski definition) is 0. The summed E-state index contributed by atoms with van der Waals surface area (Å²) in [6.07, 6.45) is 1.59. The van der Waals surface area contributed by atoms with Crippen LogP contribution in [0.2, 0.25) is 0 Å². The Morgan fingerprint density at radius 1 is 1.91 bits per heavy atom. The minimum Gasteiger partial charge on any atom is -0.464 e. The Kier molecular flexibility index (Phi) is 2.38. The third-order valence-electron chi connectivity index (χ3n) is 1.09. The first kappa shape index (κ1) is 7.94. The van der Waals surface area contributed by atoms with Crippen molar-refractivity contribution in [3.63, 3.8) is 0 Å². The Hall–Kier alpha value is -1.16. The maximum atomic E-state index is 10.8. The van der Waals surface area contributed by atoms with Crippen LogP contribution in [0.1, 0.15) is 15.5 Å². The van der Waals surface area contributed by atoms with Crippen LogP contribution >= 0.6 is 11.3 Å². The van der Waals surface area contributed by atoms with Crippen molar-refractivity contribution in [3.05, 3.63) is 22.7 Å². The zero-order valence-corrected chi connectivity index (χ0v) is 6.85. The molecule has 0 amide bonds. The molecule has 11 heavy (non-hydrogen) atoms. The van der Waals surface area contributed by atoms with Crippen LogP contribution in [0.5, 0.6) is 0 Å². The van der Waals surface area contributed by atoms with Gasteiger partial charge in [0.15, 0.2) is 5.69 Å². The minimum atomic E-state index is -0.408. The van der Waals surface area contributed by atoms with Gasteiger partial charge in [0.1, 0.15) is 5.01 Å². The highest BCUT2D eigenvalue weighted by molar-refractivity contribution is 7.10. The lowest BCUT2D eigenvalue weighted by Crippen LogP contribution is -2.00. The summed E-state index contributed by atoms with van der Waals surface area (Å²) in [4.78, 5) is 14.8. The Bertz CT molecular complexity index is 280. The van der Waals surface area contributed by atoms with Crippen LogP contribution in [0.25, 0.3) is 6.08 Å². The first-order valence-electron chi connectivity index (χ1n) is 2.94. The number of hydrogen-bond acceptors (Lipinski definition) is 4. The molecule has 1 heterocycles. The van der Waals surface area contributed by atoms with E-state index in [4.69, 9.17) is 0 Å². The van der Waals surface area contributed by atoms with Crippen molar-refractivity contribution in [1.82, 2.24) is 4.98 Å². The van der Waals surface area contributed by atoms with E-state index in [1.54, 1.807) is 11.5 Å². The zero-order chi connectivity index (χ0) is 8.27. The summed E-state index contributed by atoms with van der Waals surface area (Å²) in [5.74, 6) is -0.408. The molecule has 4 heteroatoms. The minimum absolute atomic E-state index is 0.340. The van der Waals surface area contributed by atoms with Crippen LogP contribution < -0.4 is 0 Å². The number of rotatable bonds is 2. The molecule has 0 aromatic carbocycles. The molecule has 0 N–H and O–H groups in total. The average molecular weight is 169 g/mol. The lowest BCUT2D eigenvalue weighted by Gasteiger charge is -1.90. The fourth-order valence-corrected chi connectivity index (χ4v) is 1.21. The molecule has 1 rings (SSSR count). The number of carbonyl (C=O) groups is 1. The van der Waals surface area contributed by atoms with Crippen molar-refractivity contribution in [3.8, 4) is 0 Å². The number of methoxy groups -OCH3 is 1. The van der Waals surface area contributed by atoms with Gasteiger partial charge in [0, 0.05) is 5.38 Å². The molecule has 0 bridgehead atoms. The number of aromatic nitrogens is 1. The molecule has 0 saturated heterocycles. The molecular weight excluding hydrogens is 162 g/mol. The molecule has 0 unspecified atom stereocenters. The van der Waals surface area contributed by atoms with Crippen LogP contribution in [-0.2, 0) is 4.74 Å². The molecule has 1 aromatic rings. The van der Waals surface area contributed by atoms with E-state index >= 15 is 0 Å². The van der Waals surface area contributed by atoms with Gasteiger partial charge in [-0.05, 0) is 6.08 Å². The molecule has 0 atom stereocenters. The number of esters is 1. The van der Waals surface area contributed by atoms with Gasteiger partial charge in [-0.1, -0.05) is 6.58 Å². The SMILES string of the molecule is C=Cc1nc(C(=O)OC)cs1. The van der Waals surface area contributed by atoms with Crippen LogP contribution in [0.3, 0.4) is 0 Å². The van der Waals surface area contributed by atoms with Gasteiger partial charge < -0.3 is 4.74 Å². The number of ether oxygens (including phenoxy) is 1. The van der Waals surface area contributed by atoms with Gasteiger partial charge in [0.25, 0.3) is 0 Å². The number of thiazole rings is 1. The monoisotopic (exact) mass is 169 g/mol. The quantitative estimate of drug-likeness (QED) is 0.631. The van der Waals surface area contributed by atoms with Crippen LogP contribution in [0, 0.1) is 0 Å². The van der Waals surface area contributed by atoms with Crippen molar-refractivity contribution >= 4 is 23.4 Å². The smallest absolute Gasteiger partial charge is 0.357 e. The second kappa shape index (κ2) is 3.30. The normalized spacial score (nSPS) is 9.18. The Labute approximate surface area is 68.3 Å². The zero-order valence-electron chi connectivity index (χ0n) is 6.03.